The lowest BCUT2D eigenvalue weighted by Gasteiger charge is -2.21. The van der Waals surface area contributed by atoms with Crippen LogP contribution >= 0.6 is 0 Å². The van der Waals surface area contributed by atoms with Crippen LogP contribution in [0.4, 0.5) is 0 Å². The van der Waals surface area contributed by atoms with Crippen LogP contribution in [0.15, 0.2) is 0 Å². The minimum atomic E-state index is -0.770. The van der Waals surface area contributed by atoms with Crippen molar-refractivity contribution in [3.8, 4) is 0 Å². The standard InChI is InChI=1S/C12H19NO3/c14-11(3-1-2-4-12(15)16)13(9-5-6-9)10-7-8-10/h9-10H,1-8H2,(H,15,16). The number of rotatable bonds is 7. The Morgan fingerprint density at radius 3 is 1.94 bits per heavy atom. The van der Waals surface area contributed by atoms with Gasteiger partial charge in [-0.15, -0.1) is 0 Å². The molecule has 1 N–H and O–H groups in total. The minimum Gasteiger partial charge on any atom is -0.481 e. The number of unbranched alkanes of at least 4 members (excludes halogenated alkanes) is 1. The van der Waals surface area contributed by atoms with Crippen LogP contribution in [-0.2, 0) is 9.59 Å². The van der Waals surface area contributed by atoms with Crippen molar-refractivity contribution in [1.29, 1.82) is 0 Å². The number of carbonyl (C=O) groups is 2. The summed E-state index contributed by atoms with van der Waals surface area (Å²) < 4.78 is 0. The van der Waals surface area contributed by atoms with Crippen LogP contribution in [0.5, 0.6) is 0 Å². The van der Waals surface area contributed by atoms with Crippen molar-refractivity contribution < 1.29 is 14.7 Å². The molecule has 16 heavy (non-hydrogen) atoms. The van der Waals surface area contributed by atoms with Crippen LogP contribution in [0.1, 0.15) is 51.4 Å². The first-order valence-electron chi connectivity index (χ1n) is 6.21. The molecule has 0 bridgehead atoms. The molecule has 0 radical (unpaired) electrons. The van der Waals surface area contributed by atoms with Crippen molar-refractivity contribution >= 4 is 11.9 Å². The molecule has 0 spiro atoms. The van der Waals surface area contributed by atoms with Gasteiger partial charge >= 0.3 is 5.97 Å². The number of carboxylic acid groups (broad SMARTS) is 1. The lowest BCUT2D eigenvalue weighted by molar-refractivity contribution is -0.137. The van der Waals surface area contributed by atoms with Crippen molar-refractivity contribution in [2.45, 2.75) is 63.5 Å². The molecule has 2 aliphatic rings. The van der Waals surface area contributed by atoms with E-state index in [1.54, 1.807) is 0 Å². The molecule has 2 rings (SSSR count). The third kappa shape index (κ3) is 3.22. The Labute approximate surface area is 95.6 Å². The van der Waals surface area contributed by atoms with Gasteiger partial charge in [-0.1, -0.05) is 0 Å². The van der Waals surface area contributed by atoms with Gasteiger partial charge in [0.15, 0.2) is 0 Å². The highest BCUT2D eigenvalue weighted by Crippen LogP contribution is 2.37. The third-order valence-electron chi connectivity index (χ3n) is 3.20. The van der Waals surface area contributed by atoms with Gasteiger partial charge in [-0.25, -0.2) is 0 Å². The predicted octanol–water partition coefficient (Wildman–Crippen LogP) is 1.78. The lowest BCUT2D eigenvalue weighted by atomic mass is 10.2. The topological polar surface area (TPSA) is 57.6 Å². The van der Waals surface area contributed by atoms with E-state index in [0.29, 0.717) is 31.3 Å². The van der Waals surface area contributed by atoms with Gasteiger partial charge < -0.3 is 10.0 Å². The SMILES string of the molecule is O=C(O)CCCCC(=O)N(C1CC1)C1CC1. The van der Waals surface area contributed by atoms with Crippen molar-refractivity contribution in [2.75, 3.05) is 0 Å². The Balaban J connectivity index is 1.67. The molecule has 0 aliphatic heterocycles. The van der Waals surface area contributed by atoms with Gasteiger partial charge in [0.2, 0.25) is 5.91 Å². The number of hydrogen-bond acceptors (Lipinski definition) is 2. The Morgan fingerprint density at radius 1 is 1.00 bits per heavy atom. The molecule has 4 nitrogen and oxygen atoms in total. The monoisotopic (exact) mass is 225 g/mol. The molecule has 2 saturated carbocycles. The number of aliphatic carboxylic acids is 1. The highest BCUT2D eigenvalue weighted by atomic mass is 16.4. The maximum absolute atomic E-state index is 11.9. The van der Waals surface area contributed by atoms with Crippen LogP contribution in [0.3, 0.4) is 0 Å². The molecule has 0 unspecified atom stereocenters. The van der Waals surface area contributed by atoms with Crippen molar-refractivity contribution in [1.82, 2.24) is 4.90 Å². The molecule has 4 heteroatoms. The van der Waals surface area contributed by atoms with E-state index in [1.807, 2.05) is 0 Å². The van der Waals surface area contributed by atoms with Crippen LogP contribution in [0.2, 0.25) is 0 Å². The smallest absolute Gasteiger partial charge is 0.303 e. The van der Waals surface area contributed by atoms with Gasteiger partial charge in [0.25, 0.3) is 0 Å². The van der Waals surface area contributed by atoms with Gasteiger partial charge in [0.05, 0.1) is 0 Å². The van der Waals surface area contributed by atoms with Crippen LogP contribution in [0, 0.1) is 0 Å². The average Bonchev–Trinajstić information content (AvgIpc) is 3.05. The maximum atomic E-state index is 11.9. The zero-order chi connectivity index (χ0) is 11.5. The summed E-state index contributed by atoms with van der Waals surface area (Å²) in [6.07, 6.45) is 6.69. The summed E-state index contributed by atoms with van der Waals surface area (Å²) in [6, 6.07) is 1.03. The average molecular weight is 225 g/mol. The van der Waals surface area contributed by atoms with E-state index < -0.39 is 5.97 Å². The first kappa shape index (κ1) is 11.4. The van der Waals surface area contributed by atoms with Gasteiger partial charge in [-0.05, 0) is 38.5 Å². The van der Waals surface area contributed by atoms with E-state index in [0.717, 1.165) is 25.7 Å². The molecule has 0 aromatic heterocycles. The quantitative estimate of drug-likeness (QED) is 0.672. The second kappa shape index (κ2) is 4.85. The lowest BCUT2D eigenvalue weighted by Crippen LogP contribution is -2.34. The highest BCUT2D eigenvalue weighted by molar-refractivity contribution is 5.77. The zero-order valence-electron chi connectivity index (χ0n) is 9.52. The summed E-state index contributed by atoms with van der Waals surface area (Å²) in [7, 11) is 0. The molecule has 0 aromatic rings. The summed E-state index contributed by atoms with van der Waals surface area (Å²) in [6.45, 7) is 0. The molecule has 1 amide bonds. The van der Waals surface area contributed by atoms with E-state index >= 15 is 0 Å². The van der Waals surface area contributed by atoms with E-state index in [4.69, 9.17) is 5.11 Å². The van der Waals surface area contributed by atoms with Crippen molar-refractivity contribution in [2.24, 2.45) is 0 Å². The molecule has 2 fully saturated rings. The predicted molar refractivity (Wildman–Crippen MR) is 59.0 cm³/mol. The van der Waals surface area contributed by atoms with E-state index in [9.17, 15) is 9.59 Å². The largest absolute Gasteiger partial charge is 0.481 e. The molecule has 0 saturated heterocycles. The molecular weight excluding hydrogens is 206 g/mol. The summed E-state index contributed by atoms with van der Waals surface area (Å²) in [5, 5.41) is 8.49. The Morgan fingerprint density at radius 2 is 1.50 bits per heavy atom. The second-order valence-corrected chi connectivity index (χ2v) is 4.86. The van der Waals surface area contributed by atoms with Gasteiger partial charge in [0.1, 0.15) is 0 Å². The third-order valence-corrected chi connectivity index (χ3v) is 3.20. The number of nitrogens with zero attached hydrogens (tertiary/aromatic N) is 1. The Kier molecular flexibility index (Phi) is 3.46. The summed E-state index contributed by atoms with van der Waals surface area (Å²) in [5.74, 6) is -0.524. The fourth-order valence-electron chi connectivity index (χ4n) is 2.09. The molecular formula is C12H19NO3. The van der Waals surface area contributed by atoms with E-state index in [-0.39, 0.29) is 12.3 Å². The van der Waals surface area contributed by atoms with Crippen LogP contribution < -0.4 is 0 Å². The zero-order valence-corrected chi connectivity index (χ0v) is 9.52. The van der Waals surface area contributed by atoms with Crippen LogP contribution in [-0.4, -0.2) is 34.0 Å². The van der Waals surface area contributed by atoms with Gasteiger partial charge in [-0.2, -0.15) is 0 Å². The van der Waals surface area contributed by atoms with Crippen LogP contribution in [0.25, 0.3) is 0 Å². The highest BCUT2D eigenvalue weighted by Gasteiger charge is 2.41. The maximum Gasteiger partial charge on any atom is 0.303 e. The molecule has 0 atom stereocenters. The number of hydrogen-bond donors (Lipinski definition) is 1. The second-order valence-electron chi connectivity index (χ2n) is 4.86. The number of amides is 1. The summed E-state index contributed by atoms with van der Waals surface area (Å²) in [4.78, 5) is 24.3. The molecule has 2 aliphatic carbocycles. The summed E-state index contributed by atoms with van der Waals surface area (Å²) in [5.41, 5.74) is 0. The van der Waals surface area contributed by atoms with E-state index in [2.05, 4.69) is 4.90 Å². The first-order valence-corrected chi connectivity index (χ1v) is 6.21. The fourth-order valence-corrected chi connectivity index (χ4v) is 2.09. The van der Waals surface area contributed by atoms with Gasteiger partial charge in [-0.3, -0.25) is 9.59 Å². The minimum absolute atomic E-state index is 0.181. The van der Waals surface area contributed by atoms with E-state index in [1.165, 1.54) is 0 Å². The molecule has 0 aromatic carbocycles. The van der Waals surface area contributed by atoms with Gasteiger partial charge in [0, 0.05) is 24.9 Å². The van der Waals surface area contributed by atoms with Crippen molar-refractivity contribution in [3.05, 3.63) is 0 Å². The summed E-state index contributed by atoms with van der Waals surface area (Å²) >= 11 is 0. The Bertz CT molecular complexity index is 270. The number of carbonyl (C=O) groups excluding carboxylic acids is 1. The molecule has 90 valence electrons. The molecule has 0 heterocycles. The number of carboxylic acids is 1. The fraction of sp³-hybridized carbons (Fsp3) is 0.833. The normalized spacial score (nSPS) is 19.5. The first-order chi connectivity index (χ1) is 7.68. The Hall–Kier alpha value is -1.06. The van der Waals surface area contributed by atoms with Crippen molar-refractivity contribution in [3.63, 3.8) is 0 Å².